The number of nitrogens with one attached hydrogen (secondary N) is 2. The first-order valence-electron chi connectivity index (χ1n) is 12.0. The fourth-order valence-electron chi connectivity index (χ4n) is 5.86. The van der Waals surface area contributed by atoms with E-state index in [0.717, 1.165) is 72.7 Å². The molecule has 6 heteroatoms. The van der Waals surface area contributed by atoms with Crippen LogP contribution in [-0.2, 0) is 21.5 Å². The molecule has 6 nitrogen and oxygen atoms in total. The summed E-state index contributed by atoms with van der Waals surface area (Å²) in [7, 11) is 0. The van der Waals surface area contributed by atoms with Gasteiger partial charge in [0.2, 0.25) is 5.91 Å². The van der Waals surface area contributed by atoms with E-state index < -0.39 is 5.41 Å². The second-order valence-corrected chi connectivity index (χ2v) is 9.69. The van der Waals surface area contributed by atoms with Crippen molar-refractivity contribution in [2.75, 3.05) is 31.6 Å². The van der Waals surface area contributed by atoms with Gasteiger partial charge in [-0.15, -0.1) is 0 Å². The van der Waals surface area contributed by atoms with E-state index in [0.29, 0.717) is 0 Å². The van der Waals surface area contributed by atoms with Gasteiger partial charge in [0.15, 0.2) is 0 Å². The zero-order chi connectivity index (χ0) is 22.7. The number of carbonyl (C=O) groups is 1. The van der Waals surface area contributed by atoms with Crippen LogP contribution in [0.1, 0.15) is 29.0 Å². The van der Waals surface area contributed by atoms with Crippen molar-refractivity contribution in [1.82, 2.24) is 15.1 Å². The minimum absolute atomic E-state index is 0.126. The van der Waals surface area contributed by atoms with E-state index >= 15 is 0 Å². The van der Waals surface area contributed by atoms with Crippen LogP contribution in [0.15, 0.2) is 66.7 Å². The number of benzene rings is 3. The second-order valence-electron chi connectivity index (χ2n) is 9.69. The van der Waals surface area contributed by atoms with Gasteiger partial charge in [0.1, 0.15) is 0 Å². The van der Waals surface area contributed by atoms with Gasteiger partial charge in [-0.1, -0.05) is 48.5 Å². The lowest BCUT2D eigenvalue weighted by molar-refractivity contribution is -0.118. The summed E-state index contributed by atoms with van der Waals surface area (Å²) in [5, 5.41) is 12.1. The number of aromatic nitrogens is 2. The van der Waals surface area contributed by atoms with Crippen molar-refractivity contribution in [2.24, 2.45) is 0 Å². The van der Waals surface area contributed by atoms with Gasteiger partial charge < -0.3 is 10.1 Å². The van der Waals surface area contributed by atoms with E-state index in [2.05, 4.69) is 68.9 Å². The Morgan fingerprint density at radius 2 is 1.91 bits per heavy atom. The van der Waals surface area contributed by atoms with Crippen LogP contribution < -0.4 is 5.32 Å². The van der Waals surface area contributed by atoms with E-state index in [1.54, 1.807) is 0 Å². The molecular weight excluding hydrogens is 424 g/mol. The highest BCUT2D eigenvalue weighted by Crippen LogP contribution is 2.65. The molecule has 2 atom stereocenters. The molecule has 4 aromatic rings. The largest absolute Gasteiger partial charge is 0.379 e. The number of ether oxygens (including phenoxy) is 1. The lowest BCUT2D eigenvalue weighted by Crippen LogP contribution is -2.35. The molecule has 3 aliphatic rings. The minimum atomic E-state index is -0.416. The smallest absolute Gasteiger partial charge is 0.235 e. The Morgan fingerprint density at radius 1 is 1.03 bits per heavy atom. The van der Waals surface area contributed by atoms with Crippen LogP contribution in [0.25, 0.3) is 22.2 Å². The highest BCUT2D eigenvalue weighted by atomic mass is 16.5. The fraction of sp³-hybridized carbons (Fsp3) is 0.286. The molecule has 1 saturated heterocycles. The number of amides is 1. The van der Waals surface area contributed by atoms with E-state index in [4.69, 9.17) is 4.74 Å². The molecule has 2 unspecified atom stereocenters. The molecule has 0 radical (unpaired) electrons. The van der Waals surface area contributed by atoms with Crippen LogP contribution in [0.3, 0.4) is 0 Å². The van der Waals surface area contributed by atoms with Crippen molar-refractivity contribution in [2.45, 2.75) is 24.3 Å². The highest BCUT2D eigenvalue weighted by molar-refractivity contribution is 6.10. The van der Waals surface area contributed by atoms with E-state index in [1.165, 1.54) is 11.1 Å². The molecule has 34 heavy (non-hydrogen) atoms. The van der Waals surface area contributed by atoms with Crippen molar-refractivity contribution >= 4 is 22.5 Å². The van der Waals surface area contributed by atoms with Gasteiger partial charge in [0, 0.05) is 42.2 Å². The molecule has 3 heterocycles. The van der Waals surface area contributed by atoms with Crippen LogP contribution in [0.2, 0.25) is 0 Å². The Kier molecular flexibility index (Phi) is 4.41. The van der Waals surface area contributed by atoms with Gasteiger partial charge in [0.05, 0.1) is 29.8 Å². The molecule has 1 aromatic heterocycles. The average Bonchev–Trinajstić information content (AvgIpc) is 3.39. The summed E-state index contributed by atoms with van der Waals surface area (Å²) in [6, 6.07) is 23.3. The predicted octanol–water partition coefficient (Wildman–Crippen LogP) is 4.44. The van der Waals surface area contributed by atoms with Crippen LogP contribution in [0.5, 0.6) is 0 Å². The third kappa shape index (κ3) is 3.02. The molecule has 170 valence electrons. The SMILES string of the molecule is O=C1Nc2ccccc2C12CC2c1ccc2c(-c3cccc(CN4CCOCC4)c3)n[nH]c2c1. The number of hydrogen-bond donors (Lipinski definition) is 2. The maximum Gasteiger partial charge on any atom is 0.235 e. The molecule has 2 aliphatic heterocycles. The van der Waals surface area contributed by atoms with Gasteiger partial charge in [-0.25, -0.2) is 0 Å². The predicted molar refractivity (Wildman–Crippen MR) is 132 cm³/mol. The summed E-state index contributed by atoms with van der Waals surface area (Å²) < 4.78 is 5.47. The van der Waals surface area contributed by atoms with Gasteiger partial charge in [0.25, 0.3) is 0 Å². The summed E-state index contributed by atoms with van der Waals surface area (Å²) in [5.74, 6) is 0.324. The van der Waals surface area contributed by atoms with Crippen molar-refractivity contribution in [3.63, 3.8) is 0 Å². The number of nitrogens with zero attached hydrogens (tertiary/aromatic N) is 2. The second kappa shape index (κ2) is 7.52. The Bertz CT molecular complexity index is 1420. The number of H-pyrrole nitrogens is 1. The summed E-state index contributed by atoms with van der Waals surface area (Å²) >= 11 is 0. The Hall–Kier alpha value is -3.48. The van der Waals surface area contributed by atoms with Gasteiger partial charge in [-0.3, -0.25) is 14.8 Å². The quantitative estimate of drug-likeness (QED) is 0.482. The Morgan fingerprint density at radius 3 is 2.82 bits per heavy atom. The molecule has 3 aromatic carbocycles. The molecule has 1 spiro atoms. The number of fused-ring (bicyclic) bond motifs is 3. The third-order valence-electron chi connectivity index (χ3n) is 7.72. The van der Waals surface area contributed by atoms with Crippen LogP contribution in [0, 0.1) is 0 Å². The number of para-hydroxylation sites is 1. The normalized spacial score (nSPS) is 23.9. The average molecular weight is 451 g/mol. The zero-order valence-electron chi connectivity index (χ0n) is 18.9. The maximum absolute atomic E-state index is 12.9. The Labute approximate surface area is 197 Å². The molecule has 1 amide bonds. The zero-order valence-corrected chi connectivity index (χ0v) is 18.9. The molecule has 1 aliphatic carbocycles. The van der Waals surface area contributed by atoms with Crippen molar-refractivity contribution in [1.29, 1.82) is 0 Å². The fourth-order valence-corrected chi connectivity index (χ4v) is 5.86. The number of anilines is 1. The molecule has 0 bridgehead atoms. The van der Waals surface area contributed by atoms with Crippen molar-refractivity contribution < 1.29 is 9.53 Å². The first-order valence-corrected chi connectivity index (χ1v) is 12.0. The number of morpholine rings is 1. The summed E-state index contributed by atoms with van der Waals surface area (Å²) in [6.45, 7) is 4.49. The lowest BCUT2D eigenvalue weighted by atomic mass is 9.91. The van der Waals surface area contributed by atoms with Crippen LogP contribution in [-0.4, -0.2) is 47.3 Å². The van der Waals surface area contributed by atoms with E-state index in [-0.39, 0.29) is 11.8 Å². The molecule has 2 fully saturated rings. The van der Waals surface area contributed by atoms with Crippen molar-refractivity contribution in [3.05, 3.63) is 83.4 Å². The van der Waals surface area contributed by atoms with Crippen LogP contribution >= 0.6 is 0 Å². The lowest BCUT2D eigenvalue weighted by Gasteiger charge is -2.26. The third-order valence-corrected chi connectivity index (χ3v) is 7.72. The number of rotatable bonds is 4. The number of carbonyl (C=O) groups excluding carboxylic acids is 1. The molecule has 2 N–H and O–H groups in total. The summed E-state index contributed by atoms with van der Waals surface area (Å²) in [4.78, 5) is 15.3. The summed E-state index contributed by atoms with van der Waals surface area (Å²) in [5.41, 5.74) is 7.26. The molecular formula is C28H26N4O2. The van der Waals surface area contributed by atoms with Gasteiger partial charge in [-0.2, -0.15) is 5.10 Å². The van der Waals surface area contributed by atoms with Gasteiger partial charge >= 0.3 is 0 Å². The van der Waals surface area contributed by atoms with Crippen LogP contribution in [0.4, 0.5) is 5.69 Å². The number of hydrogen-bond acceptors (Lipinski definition) is 4. The molecule has 7 rings (SSSR count). The van der Waals surface area contributed by atoms with Gasteiger partial charge in [-0.05, 0) is 41.3 Å². The summed E-state index contributed by atoms with van der Waals surface area (Å²) in [6.07, 6.45) is 0.853. The topological polar surface area (TPSA) is 70.2 Å². The van der Waals surface area contributed by atoms with E-state index in [9.17, 15) is 4.79 Å². The first-order chi connectivity index (χ1) is 16.7. The minimum Gasteiger partial charge on any atom is -0.379 e. The Balaban J connectivity index is 1.18. The maximum atomic E-state index is 12.9. The highest BCUT2D eigenvalue weighted by Gasteiger charge is 2.65. The molecule has 1 saturated carbocycles. The standard InChI is InChI=1S/C28H26N4O2/c33-27-28(22-6-1-2-7-24(22)29-27)16-23(28)19-8-9-21-25(15-19)30-31-26(21)20-5-3-4-18(14-20)17-32-10-12-34-13-11-32/h1-9,14-15,23H,10-13,16-17H2,(H,29,33)(H,30,31). The first kappa shape index (κ1) is 19.9. The van der Waals surface area contributed by atoms with E-state index in [1.807, 2.05) is 18.2 Å². The van der Waals surface area contributed by atoms with Crippen molar-refractivity contribution in [3.8, 4) is 11.3 Å². The monoisotopic (exact) mass is 450 g/mol. The number of aromatic amines is 1.